The van der Waals surface area contributed by atoms with Crippen LogP contribution in [0, 0.1) is 17.5 Å². The molecule has 2 aliphatic heterocycles. The number of carbonyl (C=O) groups excluding carboxylic acids is 3. The Bertz CT molecular complexity index is 1420. The minimum atomic E-state index is -4.89. The molecule has 0 spiro atoms. The molecule has 2 unspecified atom stereocenters. The van der Waals surface area contributed by atoms with Gasteiger partial charge in [0, 0.05) is 38.2 Å². The number of halogens is 6. The number of nitrogens with one attached hydrogen (secondary N) is 1. The number of fused-ring (bicyclic) bond motifs is 1. The smallest absolute Gasteiger partial charge is 0.444 e. The maximum absolute atomic E-state index is 14.5. The summed E-state index contributed by atoms with van der Waals surface area (Å²) in [6, 6.07) is -0.828. The number of rotatable bonds is 7. The van der Waals surface area contributed by atoms with Crippen LogP contribution in [0.4, 0.5) is 31.1 Å². The number of imidazole rings is 1. The second kappa shape index (κ2) is 12.7. The van der Waals surface area contributed by atoms with E-state index in [2.05, 4.69) is 10.3 Å². The molecule has 4 rings (SSSR count). The normalized spacial score (nSPS) is 17.8. The van der Waals surface area contributed by atoms with Gasteiger partial charge in [-0.25, -0.2) is 22.9 Å². The summed E-state index contributed by atoms with van der Waals surface area (Å²) >= 11 is 0. The number of aliphatic hydroxyl groups excluding tert-OH is 1. The summed E-state index contributed by atoms with van der Waals surface area (Å²) in [5.41, 5.74) is -1.90. The third kappa shape index (κ3) is 7.45. The van der Waals surface area contributed by atoms with Crippen LogP contribution in [0.3, 0.4) is 0 Å². The molecule has 2 N–H and O–H groups in total. The van der Waals surface area contributed by atoms with E-state index >= 15 is 0 Å². The molecule has 3 heterocycles. The van der Waals surface area contributed by atoms with Gasteiger partial charge in [-0.3, -0.25) is 9.59 Å². The van der Waals surface area contributed by atoms with Crippen LogP contribution in [-0.2, 0) is 35.2 Å². The van der Waals surface area contributed by atoms with E-state index in [1.165, 1.54) is 9.80 Å². The van der Waals surface area contributed by atoms with Gasteiger partial charge >= 0.3 is 12.3 Å². The average Bonchev–Trinajstić information content (AvgIpc) is 3.54. The Morgan fingerprint density at radius 2 is 1.75 bits per heavy atom. The second-order valence-electron chi connectivity index (χ2n) is 11.8. The number of likely N-dealkylation sites (tertiary alicyclic amines) is 1. The van der Waals surface area contributed by atoms with E-state index in [-0.39, 0.29) is 37.5 Å². The van der Waals surface area contributed by atoms with Crippen molar-refractivity contribution < 1.29 is 50.6 Å². The van der Waals surface area contributed by atoms with Crippen LogP contribution in [0.2, 0.25) is 0 Å². The van der Waals surface area contributed by atoms with Gasteiger partial charge in [-0.2, -0.15) is 13.2 Å². The van der Waals surface area contributed by atoms with E-state index in [4.69, 9.17) is 4.74 Å². The van der Waals surface area contributed by atoms with Gasteiger partial charge < -0.3 is 29.5 Å². The van der Waals surface area contributed by atoms with Gasteiger partial charge in [0.1, 0.15) is 11.4 Å². The minimum Gasteiger partial charge on any atom is -0.444 e. The number of aromatic nitrogens is 2. The highest BCUT2D eigenvalue weighted by molar-refractivity contribution is 5.94. The molecule has 44 heavy (non-hydrogen) atoms. The molecule has 1 saturated heterocycles. The first-order chi connectivity index (χ1) is 20.5. The van der Waals surface area contributed by atoms with Crippen molar-refractivity contribution in [2.24, 2.45) is 0 Å². The van der Waals surface area contributed by atoms with Gasteiger partial charge in [0.05, 0.1) is 24.9 Å². The summed E-state index contributed by atoms with van der Waals surface area (Å²) in [4.78, 5) is 45.4. The van der Waals surface area contributed by atoms with E-state index in [9.17, 15) is 45.8 Å². The van der Waals surface area contributed by atoms with Crippen molar-refractivity contribution >= 4 is 17.9 Å². The van der Waals surface area contributed by atoms with Crippen molar-refractivity contribution in [2.75, 3.05) is 19.7 Å². The van der Waals surface area contributed by atoms with Crippen LogP contribution in [0.25, 0.3) is 0 Å². The number of carbonyl (C=O) groups is 3. The third-order valence-electron chi connectivity index (χ3n) is 7.36. The lowest BCUT2D eigenvalue weighted by molar-refractivity contribution is -0.148. The largest absolute Gasteiger partial charge is 0.449 e. The van der Waals surface area contributed by atoms with Gasteiger partial charge in [-0.1, -0.05) is 0 Å². The first-order valence-corrected chi connectivity index (χ1v) is 14.0. The molecule has 16 heteroatoms. The Balaban J connectivity index is 1.59. The van der Waals surface area contributed by atoms with Crippen LogP contribution < -0.4 is 5.32 Å². The molecule has 0 saturated carbocycles. The number of nitrogens with zero attached hydrogens (tertiary/aromatic N) is 4. The van der Waals surface area contributed by atoms with Gasteiger partial charge in [0.25, 0.3) is 5.91 Å². The van der Waals surface area contributed by atoms with Crippen molar-refractivity contribution in [3.63, 3.8) is 0 Å². The van der Waals surface area contributed by atoms with E-state index in [1.54, 1.807) is 20.8 Å². The van der Waals surface area contributed by atoms with Crippen molar-refractivity contribution in [3.8, 4) is 0 Å². The second-order valence-corrected chi connectivity index (χ2v) is 11.8. The predicted molar refractivity (Wildman–Crippen MR) is 142 cm³/mol. The number of hydrogen-bond acceptors (Lipinski definition) is 6. The molecule has 1 aromatic carbocycles. The zero-order valence-electron chi connectivity index (χ0n) is 24.3. The molecule has 10 nitrogen and oxygen atoms in total. The summed E-state index contributed by atoms with van der Waals surface area (Å²) in [5, 5.41) is 12.1. The zero-order chi connectivity index (χ0) is 32.6. The standard InChI is InChI=1S/C28H33F6N5O5/c1-27(2,3)44-26(43)35-16(9-15-10-19(30)20(31)12-18(15)29)11-22(41)37-7-8-39-21(13-37)23(36-25(39)28(32,33)34)24(42)38-6-4-5-17(38)14-40/h10,12,16-17,40H,4-9,11,13-14H2,1-3H3,(H,35,43). The van der Waals surface area contributed by atoms with E-state index in [1.807, 2.05) is 0 Å². The lowest BCUT2D eigenvalue weighted by Gasteiger charge is -2.31. The molecule has 1 aromatic heterocycles. The highest BCUT2D eigenvalue weighted by Crippen LogP contribution is 2.34. The fraction of sp³-hybridized carbons (Fsp3) is 0.571. The molecule has 242 valence electrons. The Labute approximate surface area is 249 Å². The zero-order valence-corrected chi connectivity index (χ0v) is 24.3. The number of amides is 3. The molecule has 0 radical (unpaired) electrons. The van der Waals surface area contributed by atoms with Crippen molar-refractivity contribution in [2.45, 2.75) is 83.4 Å². The highest BCUT2D eigenvalue weighted by atomic mass is 19.4. The lowest BCUT2D eigenvalue weighted by atomic mass is 10.0. The summed E-state index contributed by atoms with van der Waals surface area (Å²) in [7, 11) is 0. The fourth-order valence-electron chi connectivity index (χ4n) is 5.37. The highest BCUT2D eigenvalue weighted by Gasteiger charge is 2.43. The number of alkyl halides is 3. The quantitative estimate of drug-likeness (QED) is 0.354. The first kappa shape index (κ1) is 33.1. The molecular formula is C28H33F6N5O5. The van der Waals surface area contributed by atoms with Crippen LogP contribution in [0.1, 0.15) is 67.6 Å². The molecular weight excluding hydrogens is 600 g/mol. The number of alkyl carbamates (subject to hydrolysis) is 1. The predicted octanol–water partition coefficient (Wildman–Crippen LogP) is 3.78. The summed E-state index contributed by atoms with van der Waals surface area (Å²) < 4.78 is 89.5. The molecule has 0 aliphatic carbocycles. The van der Waals surface area contributed by atoms with Gasteiger partial charge in [0.2, 0.25) is 11.7 Å². The van der Waals surface area contributed by atoms with Gasteiger partial charge in [0.15, 0.2) is 17.3 Å². The maximum atomic E-state index is 14.5. The third-order valence-corrected chi connectivity index (χ3v) is 7.36. The monoisotopic (exact) mass is 633 g/mol. The maximum Gasteiger partial charge on any atom is 0.449 e. The number of aliphatic hydroxyl groups is 1. The van der Waals surface area contributed by atoms with Crippen LogP contribution >= 0.6 is 0 Å². The Hall–Kier alpha value is -3.82. The van der Waals surface area contributed by atoms with Gasteiger partial charge in [-0.15, -0.1) is 0 Å². The number of benzene rings is 1. The van der Waals surface area contributed by atoms with Crippen molar-refractivity contribution in [1.29, 1.82) is 0 Å². The summed E-state index contributed by atoms with van der Waals surface area (Å²) in [6.07, 6.45) is -5.80. The molecule has 2 aromatic rings. The van der Waals surface area contributed by atoms with Crippen LogP contribution in [-0.4, -0.2) is 79.7 Å². The molecule has 2 atom stereocenters. The molecule has 2 aliphatic rings. The SMILES string of the molecule is CC(C)(C)OC(=O)NC(CC(=O)N1CCn2c(C(F)(F)F)nc(C(=O)N3CCCC3CO)c2C1)Cc1cc(F)c(F)cc1F. The number of ether oxygens (including phenoxy) is 1. The topological polar surface area (TPSA) is 117 Å². The molecule has 3 amide bonds. The Morgan fingerprint density at radius 1 is 1.07 bits per heavy atom. The van der Waals surface area contributed by atoms with Gasteiger partial charge in [-0.05, 0) is 51.7 Å². The Morgan fingerprint density at radius 3 is 2.39 bits per heavy atom. The van der Waals surface area contributed by atoms with Crippen LogP contribution in [0.5, 0.6) is 0 Å². The summed E-state index contributed by atoms with van der Waals surface area (Å²) in [6.45, 7) is 3.61. The lowest BCUT2D eigenvalue weighted by Crippen LogP contribution is -2.46. The van der Waals surface area contributed by atoms with Crippen molar-refractivity contribution in [3.05, 3.63) is 52.4 Å². The first-order valence-electron chi connectivity index (χ1n) is 14.0. The fourth-order valence-corrected chi connectivity index (χ4v) is 5.37. The van der Waals surface area contributed by atoms with Crippen molar-refractivity contribution in [1.82, 2.24) is 24.7 Å². The summed E-state index contributed by atoms with van der Waals surface area (Å²) in [5.74, 6) is -6.64. The Kier molecular flexibility index (Phi) is 9.51. The number of hydrogen-bond donors (Lipinski definition) is 2. The van der Waals surface area contributed by atoms with E-state index in [0.29, 0.717) is 25.0 Å². The average molecular weight is 634 g/mol. The minimum absolute atomic E-state index is 0.145. The van der Waals surface area contributed by atoms with Crippen LogP contribution in [0.15, 0.2) is 12.1 Å². The van der Waals surface area contributed by atoms with E-state index in [0.717, 1.165) is 4.57 Å². The molecule has 1 fully saturated rings. The van der Waals surface area contributed by atoms with E-state index < -0.39 is 90.1 Å². The molecule has 0 bridgehead atoms.